The molecule has 0 aromatic rings. The van der Waals surface area contributed by atoms with Crippen molar-refractivity contribution in [3.8, 4) is 0 Å². The summed E-state index contributed by atoms with van der Waals surface area (Å²) in [6, 6.07) is 0. The van der Waals surface area contributed by atoms with Crippen LogP contribution in [0, 0.1) is 0 Å². The highest BCUT2D eigenvalue weighted by atomic mass is 16.8. The van der Waals surface area contributed by atoms with Gasteiger partial charge in [0.15, 0.2) is 6.29 Å². The molecule has 0 amide bonds. The van der Waals surface area contributed by atoms with Gasteiger partial charge in [-0.05, 0) is 6.92 Å². The quantitative estimate of drug-likeness (QED) is 0.467. The van der Waals surface area contributed by atoms with Crippen molar-refractivity contribution in [1.29, 1.82) is 0 Å². The van der Waals surface area contributed by atoms with Crippen molar-refractivity contribution < 1.29 is 14.2 Å². The van der Waals surface area contributed by atoms with Crippen LogP contribution in [0.25, 0.3) is 0 Å². The number of hydrogen-bond donors (Lipinski definition) is 0. The van der Waals surface area contributed by atoms with Crippen molar-refractivity contribution in [3.63, 3.8) is 0 Å². The van der Waals surface area contributed by atoms with Crippen LogP contribution in [0.3, 0.4) is 0 Å². The molecule has 2 fully saturated rings. The molecule has 2 aliphatic rings. The molecule has 2 heterocycles. The molecule has 2 rings (SSSR count). The Labute approximate surface area is 53.9 Å². The minimum absolute atomic E-state index is 0.0242. The van der Waals surface area contributed by atoms with E-state index in [1.165, 1.54) is 0 Å². The Hall–Kier alpha value is -0.120. The molecule has 3 atom stereocenters. The van der Waals surface area contributed by atoms with Crippen LogP contribution in [0.5, 0.6) is 0 Å². The first kappa shape index (κ1) is 5.65. The monoisotopic (exact) mass is 130 g/mol. The summed E-state index contributed by atoms with van der Waals surface area (Å²) in [6.07, 6.45) is 0.392. The van der Waals surface area contributed by atoms with Crippen molar-refractivity contribution in [2.45, 2.75) is 25.4 Å². The Morgan fingerprint density at radius 2 is 1.67 bits per heavy atom. The van der Waals surface area contributed by atoms with Gasteiger partial charge in [-0.2, -0.15) is 0 Å². The molecular formula is C6H10O3. The van der Waals surface area contributed by atoms with Gasteiger partial charge in [-0.1, -0.05) is 0 Å². The van der Waals surface area contributed by atoms with Gasteiger partial charge in [0, 0.05) is 0 Å². The largest absolute Gasteiger partial charge is 0.376 e. The highest BCUT2D eigenvalue weighted by Gasteiger charge is 2.38. The van der Waals surface area contributed by atoms with Crippen LogP contribution in [0.15, 0.2) is 0 Å². The Morgan fingerprint density at radius 1 is 1.11 bits per heavy atom. The van der Waals surface area contributed by atoms with Gasteiger partial charge in [0.1, 0.15) is 12.2 Å². The van der Waals surface area contributed by atoms with E-state index in [1.54, 1.807) is 0 Å². The third kappa shape index (κ3) is 0.852. The van der Waals surface area contributed by atoms with Crippen LogP contribution in [-0.4, -0.2) is 31.7 Å². The lowest BCUT2D eigenvalue weighted by Gasteiger charge is -2.03. The topological polar surface area (TPSA) is 27.7 Å². The average Bonchev–Trinajstić information content (AvgIpc) is 2.22. The lowest BCUT2D eigenvalue weighted by Crippen LogP contribution is -2.18. The molecular weight excluding hydrogens is 120 g/mol. The zero-order chi connectivity index (χ0) is 6.27. The van der Waals surface area contributed by atoms with Crippen LogP contribution in [0.2, 0.25) is 0 Å². The summed E-state index contributed by atoms with van der Waals surface area (Å²) in [4.78, 5) is 0. The zero-order valence-electron chi connectivity index (χ0n) is 5.37. The molecule has 0 aliphatic carbocycles. The van der Waals surface area contributed by atoms with E-state index >= 15 is 0 Å². The Balaban J connectivity index is 2.02. The molecule has 52 valence electrons. The van der Waals surface area contributed by atoms with E-state index in [0.29, 0.717) is 13.2 Å². The Bertz CT molecular complexity index is 103. The summed E-state index contributed by atoms with van der Waals surface area (Å²) in [5.41, 5.74) is 0. The van der Waals surface area contributed by atoms with E-state index in [4.69, 9.17) is 14.2 Å². The third-order valence-corrected chi connectivity index (χ3v) is 1.71. The van der Waals surface area contributed by atoms with Crippen molar-refractivity contribution in [2.24, 2.45) is 0 Å². The Kier molecular flexibility index (Phi) is 1.22. The fourth-order valence-corrected chi connectivity index (χ4v) is 1.29. The van der Waals surface area contributed by atoms with Gasteiger partial charge in [-0.3, -0.25) is 0 Å². The third-order valence-electron chi connectivity index (χ3n) is 1.71. The van der Waals surface area contributed by atoms with Gasteiger partial charge in [0.2, 0.25) is 0 Å². The molecule has 0 saturated carbocycles. The average molecular weight is 130 g/mol. The first-order valence-corrected chi connectivity index (χ1v) is 3.25. The predicted octanol–water partition coefficient (Wildman–Crippen LogP) is 0.147. The van der Waals surface area contributed by atoms with E-state index < -0.39 is 0 Å². The summed E-state index contributed by atoms with van der Waals surface area (Å²) in [6.45, 7) is 3.32. The molecule has 3 nitrogen and oxygen atoms in total. The summed E-state index contributed by atoms with van der Waals surface area (Å²) in [5, 5.41) is 0. The van der Waals surface area contributed by atoms with Crippen LogP contribution in [0.4, 0.5) is 0 Å². The molecule has 0 spiro atoms. The second-order valence-electron chi connectivity index (χ2n) is 2.45. The van der Waals surface area contributed by atoms with Gasteiger partial charge in [-0.25, -0.2) is 0 Å². The first-order chi connectivity index (χ1) is 4.36. The van der Waals surface area contributed by atoms with Gasteiger partial charge >= 0.3 is 0 Å². The minimum atomic E-state index is -0.0242. The SMILES string of the molecule is CC1O[C@H]2COC[C@H]2O1. The van der Waals surface area contributed by atoms with Gasteiger partial charge in [-0.15, -0.1) is 0 Å². The number of hydrogen-bond acceptors (Lipinski definition) is 3. The summed E-state index contributed by atoms with van der Waals surface area (Å²) in [5.74, 6) is 0. The number of fused-ring (bicyclic) bond motifs is 1. The van der Waals surface area contributed by atoms with E-state index in [-0.39, 0.29) is 18.5 Å². The standard InChI is InChI=1S/C6H10O3/c1-4-8-5-2-7-3-6(5)9-4/h4-6H,2-3H2,1H3/t4?,5-,6+. The highest BCUT2D eigenvalue weighted by molar-refractivity contribution is 4.80. The number of ether oxygens (including phenoxy) is 3. The normalized spacial score (nSPS) is 49.7. The molecule has 3 heteroatoms. The zero-order valence-corrected chi connectivity index (χ0v) is 5.37. The fraction of sp³-hybridized carbons (Fsp3) is 1.00. The lowest BCUT2D eigenvalue weighted by molar-refractivity contribution is -0.0809. The first-order valence-electron chi connectivity index (χ1n) is 3.25. The molecule has 1 unspecified atom stereocenters. The molecule has 2 saturated heterocycles. The fourth-order valence-electron chi connectivity index (χ4n) is 1.29. The minimum Gasteiger partial charge on any atom is -0.376 e. The van der Waals surface area contributed by atoms with E-state index in [0.717, 1.165) is 0 Å². The second-order valence-corrected chi connectivity index (χ2v) is 2.45. The summed E-state index contributed by atoms with van der Waals surface area (Å²) >= 11 is 0. The highest BCUT2D eigenvalue weighted by Crippen LogP contribution is 2.23. The van der Waals surface area contributed by atoms with Crippen molar-refractivity contribution in [1.82, 2.24) is 0 Å². The summed E-state index contributed by atoms with van der Waals surface area (Å²) in [7, 11) is 0. The van der Waals surface area contributed by atoms with Crippen LogP contribution >= 0.6 is 0 Å². The number of rotatable bonds is 0. The maximum absolute atomic E-state index is 5.34. The van der Waals surface area contributed by atoms with Crippen molar-refractivity contribution in [2.75, 3.05) is 13.2 Å². The maximum atomic E-state index is 5.34. The molecule has 0 bridgehead atoms. The summed E-state index contributed by atoms with van der Waals surface area (Å²) < 4.78 is 15.8. The van der Waals surface area contributed by atoms with Crippen LogP contribution < -0.4 is 0 Å². The van der Waals surface area contributed by atoms with E-state index in [9.17, 15) is 0 Å². The van der Waals surface area contributed by atoms with E-state index in [2.05, 4.69) is 0 Å². The molecule has 0 aromatic heterocycles. The van der Waals surface area contributed by atoms with Gasteiger partial charge < -0.3 is 14.2 Å². The smallest absolute Gasteiger partial charge is 0.156 e. The molecule has 2 aliphatic heterocycles. The molecule has 0 N–H and O–H groups in total. The van der Waals surface area contributed by atoms with Crippen LogP contribution in [0.1, 0.15) is 6.92 Å². The maximum Gasteiger partial charge on any atom is 0.156 e. The predicted molar refractivity (Wildman–Crippen MR) is 30.0 cm³/mol. The molecule has 0 aromatic carbocycles. The van der Waals surface area contributed by atoms with Crippen LogP contribution in [-0.2, 0) is 14.2 Å². The van der Waals surface area contributed by atoms with Crippen molar-refractivity contribution >= 4 is 0 Å². The second kappa shape index (κ2) is 1.94. The molecule has 9 heavy (non-hydrogen) atoms. The van der Waals surface area contributed by atoms with Gasteiger partial charge in [0.25, 0.3) is 0 Å². The Morgan fingerprint density at radius 3 is 2.22 bits per heavy atom. The van der Waals surface area contributed by atoms with E-state index in [1.807, 2.05) is 6.92 Å². The van der Waals surface area contributed by atoms with Gasteiger partial charge in [0.05, 0.1) is 13.2 Å². The van der Waals surface area contributed by atoms with Crippen molar-refractivity contribution in [3.05, 3.63) is 0 Å². The molecule has 0 radical (unpaired) electrons. The lowest BCUT2D eigenvalue weighted by atomic mass is 10.3.